The molecule has 2 unspecified atom stereocenters. The lowest BCUT2D eigenvalue weighted by Gasteiger charge is -2.19. The van der Waals surface area contributed by atoms with Gasteiger partial charge in [-0.15, -0.1) is 12.4 Å². The minimum atomic E-state index is -3.83. The lowest BCUT2D eigenvalue weighted by molar-refractivity contribution is 0.163. The first-order valence-electron chi connectivity index (χ1n) is 8.52. The summed E-state index contributed by atoms with van der Waals surface area (Å²) < 4.78 is 34.1. The highest BCUT2D eigenvalue weighted by Crippen LogP contribution is 2.21. The minimum Gasteiger partial charge on any atom is -0.497 e. The van der Waals surface area contributed by atoms with Gasteiger partial charge in [-0.2, -0.15) is 0 Å². The van der Waals surface area contributed by atoms with E-state index in [9.17, 15) is 13.5 Å². The lowest BCUT2D eigenvalue weighted by atomic mass is 10.1. The van der Waals surface area contributed by atoms with Crippen LogP contribution in [0.3, 0.4) is 0 Å². The van der Waals surface area contributed by atoms with Crippen molar-refractivity contribution in [2.75, 3.05) is 20.3 Å². The lowest BCUT2D eigenvalue weighted by Crippen LogP contribution is -2.35. The van der Waals surface area contributed by atoms with Gasteiger partial charge < -0.3 is 19.9 Å². The van der Waals surface area contributed by atoms with E-state index in [0.717, 1.165) is 0 Å². The molecule has 0 aromatic heterocycles. The number of hydrogen-bond acceptors (Lipinski definition) is 6. The van der Waals surface area contributed by atoms with E-state index in [4.69, 9.17) is 14.6 Å². The number of primary sulfonamides is 1. The zero-order valence-electron chi connectivity index (χ0n) is 16.1. The monoisotopic (exact) mass is 430 g/mol. The minimum absolute atomic E-state index is 0. The van der Waals surface area contributed by atoms with Crippen LogP contribution < -0.4 is 19.9 Å². The predicted octanol–water partition coefficient (Wildman–Crippen LogP) is 2.16. The topological polar surface area (TPSA) is 111 Å². The Kier molecular flexibility index (Phi) is 9.19. The van der Waals surface area contributed by atoms with Crippen molar-refractivity contribution in [3.63, 3.8) is 0 Å². The van der Waals surface area contributed by atoms with Crippen molar-refractivity contribution in [2.45, 2.75) is 30.9 Å². The molecule has 0 bridgehead atoms. The van der Waals surface area contributed by atoms with Crippen molar-refractivity contribution in [1.82, 2.24) is 5.32 Å². The van der Waals surface area contributed by atoms with E-state index >= 15 is 0 Å². The summed E-state index contributed by atoms with van der Waals surface area (Å²) in [5.41, 5.74) is 1.03. The Hall–Kier alpha value is -1.84. The molecule has 0 spiro atoms. The van der Waals surface area contributed by atoms with Gasteiger partial charge in [0.05, 0.1) is 18.1 Å². The fourth-order valence-corrected chi connectivity index (χ4v) is 3.35. The Morgan fingerprint density at radius 3 is 2.50 bits per heavy atom. The number of hydrogen-bond donors (Lipinski definition) is 3. The molecule has 0 aliphatic rings. The highest BCUT2D eigenvalue weighted by atomic mass is 35.5. The molecule has 0 heterocycles. The number of methoxy groups -OCH3 is 1. The zero-order chi connectivity index (χ0) is 20.0. The van der Waals surface area contributed by atoms with E-state index in [0.29, 0.717) is 29.2 Å². The number of rotatable bonds is 9. The molecule has 0 fully saturated rings. The molecule has 2 atom stereocenters. The van der Waals surface area contributed by atoms with Crippen molar-refractivity contribution in [3.8, 4) is 11.5 Å². The Labute approximate surface area is 172 Å². The first-order chi connectivity index (χ1) is 12.7. The summed E-state index contributed by atoms with van der Waals surface area (Å²) in [6.45, 7) is 4.23. The molecule has 0 aliphatic carbocycles. The fourth-order valence-electron chi connectivity index (χ4n) is 2.53. The molecule has 0 radical (unpaired) electrons. The number of nitrogens with one attached hydrogen (secondary N) is 1. The highest BCUT2D eigenvalue weighted by molar-refractivity contribution is 7.89. The normalized spacial score (nSPS) is 13.3. The average Bonchev–Trinajstić information content (AvgIpc) is 2.64. The van der Waals surface area contributed by atoms with Crippen molar-refractivity contribution >= 4 is 22.4 Å². The summed E-state index contributed by atoms with van der Waals surface area (Å²) in [5.74, 6) is 1.41. The number of nitrogens with two attached hydrogens (primary N) is 1. The number of ether oxygens (including phenoxy) is 2. The molecule has 7 nitrogen and oxygen atoms in total. The van der Waals surface area contributed by atoms with Crippen LogP contribution in [0.5, 0.6) is 11.5 Å². The third-order valence-electron chi connectivity index (χ3n) is 4.10. The summed E-state index contributed by atoms with van der Waals surface area (Å²) in [5, 5.41) is 18.7. The zero-order valence-corrected chi connectivity index (χ0v) is 17.7. The van der Waals surface area contributed by atoms with E-state index in [1.165, 1.54) is 6.07 Å². The third-order valence-corrected chi connectivity index (χ3v) is 5.16. The maximum atomic E-state index is 11.6. The maximum absolute atomic E-state index is 11.6. The quantitative estimate of drug-likeness (QED) is 0.562. The van der Waals surface area contributed by atoms with E-state index in [-0.39, 0.29) is 29.9 Å². The molecule has 4 N–H and O–H groups in total. The highest BCUT2D eigenvalue weighted by Gasteiger charge is 2.16. The van der Waals surface area contributed by atoms with Crippen LogP contribution in [0.1, 0.15) is 24.2 Å². The van der Waals surface area contributed by atoms with Crippen LogP contribution in [-0.2, 0) is 10.0 Å². The van der Waals surface area contributed by atoms with E-state index in [2.05, 4.69) is 5.32 Å². The summed E-state index contributed by atoms with van der Waals surface area (Å²) in [4.78, 5) is 0.0217. The Morgan fingerprint density at radius 1 is 1.18 bits per heavy atom. The van der Waals surface area contributed by atoms with E-state index in [1.807, 2.05) is 25.1 Å². The molecule has 2 aromatic rings. The van der Waals surface area contributed by atoms with Crippen LogP contribution in [0.25, 0.3) is 0 Å². The van der Waals surface area contributed by atoms with Crippen LogP contribution in [0.2, 0.25) is 0 Å². The third kappa shape index (κ3) is 6.96. The number of benzene rings is 2. The van der Waals surface area contributed by atoms with E-state index in [1.54, 1.807) is 32.2 Å². The van der Waals surface area contributed by atoms with Gasteiger partial charge in [-0.1, -0.05) is 18.2 Å². The molecule has 0 saturated carbocycles. The summed E-state index contributed by atoms with van der Waals surface area (Å²) in [6.07, 6.45) is -0.870. The standard InChI is InChI=1S/C19H26N2O5S.ClH/c1-13-7-8-15(9-19(13)27(20,23)24)18(22)11-21-14(2)12-26-17-6-4-5-16(10-17)25-3;/h4-10,14,18,21-22H,11-12H2,1-3H3,(H2,20,23,24);1H. The second-order valence-corrected chi connectivity index (χ2v) is 7.91. The summed E-state index contributed by atoms with van der Waals surface area (Å²) >= 11 is 0. The maximum Gasteiger partial charge on any atom is 0.238 e. The first-order valence-corrected chi connectivity index (χ1v) is 10.1. The van der Waals surface area contributed by atoms with Crippen LogP contribution in [0, 0.1) is 6.92 Å². The smallest absolute Gasteiger partial charge is 0.238 e. The van der Waals surface area contributed by atoms with Gasteiger partial charge in [0, 0.05) is 18.7 Å². The predicted molar refractivity (Wildman–Crippen MR) is 111 cm³/mol. The first kappa shape index (κ1) is 24.2. The Morgan fingerprint density at radius 2 is 1.86 bits per heavy atom. The molecular formula is C19H27ClN2O5S. The molecule has 2 aromatic carbocycles. The van der Waals surface area contributed by atoms with Crippen LogP contribution in [0.15, 0.2) is 47.4 Å². The summed E-state index contributed by atoms with van der Waals surface area (Å²) in [6, 6.07) is 12.0. The molecule has 0 saturated heterocycles. The van der Waals surface area contributed by atoms with Gasteiger partial charge in [0.2, 0.25) is 10.0 Å². The van der Waals surface area contributed by atoms with Crippen LogP contribution in [-0.4, -0.2) is 39.8 Å². The Balaban J connectivity index is 0.00000392. The second-order valence-electron chi connectivity index (χ2n) is 6.39. The van der Waals surface area contributed by atoms with Crippen molar-refractivity contribution in [2.24, 2.45) is 5.14 Å². The van der Waals surface area contributed by atoms with Crippen molar-refractivity contribution in [1.29, 1.82) is 0 Å². The molecule has 2 rings (SSSR count). The summed E-state index contributed by atoms with van der Waals surface area (Å²) in [7, 11) is -2.23. The SMILES string of the molecule is COc1cccc(OCC(C)NCC(O)c2ccc(C)c(S(N)(=O)=O)c2)c1.Cl. The number of halogens is 1. The number of aryl methyl sites for hydroxylation is 1. The van der Waals surface area contributed by atoms with Crippen LogP contribution in [0.4, 0.5) is 0 Å². The van der Waals surface area contributed by atoms with Gasteiger partial charge in [0.25, 0.3) is 0 Å². The number of aliphatic hydroxyl groups is 1. The molecule has 0 amide bonds. The number of sulfonamides is 1. The van der Waals surface area contributed by atoms with Gasteiger partial charge in [0.15, 0.2) is 0 Å². The number of aliphatic hydroxyl groups excluding tert-OH is 1. The molecule has 0 aliphatic heterocycles. The molecule has 9 heteroatoms. The van der Waals surface area contributed by atoms with Gasteiger partial charge in [-0.25, -0.2) is 13.6 Å². The molecular weight excluding hydrogens is 404 g/mol. The fraction of sp³-hybridized carbons (Fsp3) is 0.368. The van der Waals surface area contributed by atoms with Gasteiger partial charge in [-0.05, 0) is 43.2 Å². The van der Waals surface area contributed by atoms with E-state index < -0.39 is 16.1 Å². The van der Waals surface area contributed by atoms with Gasteiger partial charge >= 0.3 is 0 Å². The van der Waals surface area contributed by atoms with Gasteiger partial charge in [-0.3, -0.25) is 0 Å². The van der Waals surface area contributed by atoms with Gasteiger partial charge in [0.1, 0.15) is 18.1 Å². The molecule has 28 heavy (non-hydrogen) atoms. The van der Waals surface area contributed by atoms with Crippen molar-refractivity contribution < 1.29 is 23.0 Å². The molecule has 156 valence electrons. The van der Waals surface area contributed by atoms with Crippen LogP contribution >= 0.6 is 12.4 Å². The second kappa shape index (κ2) is 10.6. The largest absolute Gasteiger partial charge is 0.497 e. The average molecular weight is 431 g/mol. The van der Waals surface area contributed by atoms with Crippen molar-refractivity contribution in [3.05, 3.63) is 53.6 Å². The Bertz CT molecular complexity index is 876.